The smallest absolute Gasteiger partial charge is 0.303 e. The zero-order chi connectivity index (χ0) is 10.0. The number of carbonyl (C=O) groups excluding carboxylic acids is 1. The second kappa shape index (κ2) is 4.28. The van der Waals surface area contributed by atoms with Crippen LogP contribution in [0.1, 0.15) is 6.92 Å². The maximum atomic E-state index is 10.6. The van der Waals surface area contributed by atoms with E-state index in [1.54, 1.807) is 0 Å². The lowest BCUT2D eigenvalue weighted by Crippen LogP contribution is -2.50. The van der Waals surface area contributed by atoms with Crippen LogP contribution >= 0.6 is 11.8 Å². The fraction of sp³-hybridized carbons (Fsp3) is 0.857. The fourth-order valence-corrected chi connectivity index (χ4v) is 2.10. The molecule has 13 heavy (non-hydrogen) atoms. The van der Waals surface area contributed by atoms with Crippen LogP contribution < -0.4 is 0 Å². The van der Waals surface area contributed by atoms with Gasteiger partial charge in [-0.1, -0.05) is 0 Å². The molecule has 0 aromatic rings. The van der Waals surface area contributed by atoms with Gasteiger partial charge in [-0.05, 0) is 0 Å². The predicted octanol–water partition coefficient (Wildman–Crippen LogP) is -1.29. The largest absolute Gasteiger partial charge is 0.456 e. The average molecular weight is 208 g/mol. The molecule has 0 radical (unpaired) electrons. The summed E-state index contributed by atoms with van der Waals surface area (Å²) in [5, 5.41) is 27.9. The molecule has 0 aliphatic carbocycles. The van der Waals surface area contributed by atoms with Crippen LogP contribution in [0.4, 0.5) is 0 Å². The van der Waals surface area contributed by atoms with E-state index in [2.05, 4.69) is 4.74 Å². The summed E-state index contributed by atoms with van der Waals surface area (Å²) in [6.45, 7) is 1.19. The number of aliphatic hydroxyl groups excluding tert-OH is 3. The summed E-state index contributed by atoms with van der Waals surface area (Å²) in [7, 11) is 0. The van der Waals surface area contributed by atoms with E-state index in [1.807, 2.05) is 0 Å². The van der Waals surface area contributed by atoms with Gasteiger partial charge in [0, 0.05) is 12.7 Å². The van der Waals surface area contributed by atoms with Crippen molar-refractivity contribution in [2.75, 3.05) is 5.75 Å². The van der Waals surface area contributed by atoms with Gasteiger partial charge in [-0.2, -0.15) is 0 Å². The molecule has 0 unspecified atom stereocenters. The number of hydrogen-bond acceptors (Lipinski definition) is 6. The highest BCUT2D eigenvalue weighted by Crippen LogP contribution is 2.26. The van der Waals surface area contributed by atoms with Gasteiger partial charge in [0.2, 0.25) is 0 Å². The number of hydrogen-bond donors (Lipinski definition) is 3. The van der Waals surface area contributed by atoms with Crippen LogP contribution in [0.2, 0.25) is 0 Å². The van der Waals surface area contributed by atoms with Crippen LogP contribution in [0.3, 0.4) is 0 Å². The zero-order valence-corrected chi connectivity index (χ0v) is 7.90. The number of thioether (sulfide) groups is 1. The molecule has 0 aromatic carbocycles. The van der Waals surface area contributed by atoms with Gasteiger partial charge in [0.05, 0.1) is 6.10 Å². The van der Waals surface area contributed by atoms with E-state index < -0.39 is 29.7 Å². The first kappa shape index (κ1) is 10.8. The first-order chi connectivity index (χ1) is 6.02. The topological polar surface area (TPSA) is 87.0 Å². The summed E-state index contributed by atoms with van der Waals surface area (Å²) < 4.78 is 4.67. The molecular formula is C7H12O5S. The van der Waals surface area contributed by atoms with Crippen LogP contribution in [0.5, 0.6) is 0 Å². The molecule has 0 bridgehead atoms. The molecule has 0 aromatic heterocycles. The zero-order valence-electron chi connectivity index (χ0n) is 7.08. The lowest BCUT2D eigenvalue weighted by Gasteiger charge is -2.34. The lowest BCUT2D eigenvalue weighted by molar-refractivity contribution is -0.163. The highest BCUT2D eigenvalue weighted by Gasteiger charge is 2.39. The Kier molecular flexibility index (Phi) is 3.55. The van der Waals surface area contributed by atoms with Crippen molar-refractivity contribution in [2.45, 2.75) is 30.7 Å². The molecule has 1 fully saturated rings. The van der Waals surface area contributed by atoms with E-state index in [-0.39, 0.29) is 5.75 Å². The van der Waals surface area contributed by atoms with E-state index in [4.69, 9.17) is 0 Å². The van der Waals surface area contributed by atoms with Crippen LogP contribution in [-0.2, 0) is 9.53 Å². The summed E-state index contributed by atoms with van der Waals surface area (Å²) in [6, 6.07) is 0. The Morgan fingerprint density at radius 3 is 2.62 bits per heavy atom. The Morgan fingerprint density at radius 1 is 1.46 bits per heavy atom. The number of rotatable bonds is 1. The lowest BCUT2D eigenvalue weighted by atomic mass is 10.1. The highest BCUT2D eigenvalue weighted by atomic mass is 32.2. The van der Waals surface area contributed by atoms with Crippen molar-refractivity contribution in [3.63, 3.8) is 0 Å². The quantitative estimate of drug-likeness (QED) is 0.465. The minimum atomic E-state index is -1.21. The van der Waals surface area contributed by atoms with Gasteiger partial charge in [-0.3, -0.25) is 4.79 Å². The second-order valence-corrected chi connectivity index (χ2v) is 4.01. The van der Waals surface area contributed by atoms with Crippen molar-refractivity contribution in [3.05, 3.63) is 0 Å². The molecule has 1 aliphatic rings. The van der Waals surface area contributed by atoms with Crippen molar-refractivity contribution < 1.29 is 24.9 Å². The molecule has 5 nitrogen and oxygen atoms in total. The molecule has 1 aliphatic heterocycles. The molecule has 6 heteroatoms. The molecular weight excluding hydrogens is 196 g/mol. The van der Waals surface area contributed by atoms with Gasteiger partial charge in [-0.15, -0.1) is 11.8 Å². The summed E-state index contributed by atoms with van der Waals surface area (Å²) in [4.78, 5) is 10.6. The van der Waals surface area contributed by atoms with E-state index in [0.717, 1.165) is 11.8 Å². The third kappa shape index (κ3) is 2.57. The third-order valence-corrected chi connectivity index (χ3v) is 2.90. The van der Waals surface area contributed by atoms with Gasteiger partial charge >= 0.3 is 5.97 Å². The SMILES string of the molecule is CC(=O)O[C@@H]1[C@@H](O)[C@H](O)CS[C@H]1O. The standard InChI is InChI=1S/C7H12O5S/c1-3(8)12-6-5(10)4(9)2-13-7(6)11/h4-7,9-11H,2H2,1H3/t4-,5+,6-,7-/m1/s1. The average Bonchev–Trinajstić information content (AvgIpc) is 2.05. The molecule has 0 saturated carbocycles. The Bertz CT molecular complexity index is 197. The summed E-state index contributed by atoms with van der Waals surface area (Å²) >= 11 is 1.05. The minimum Gasteiger partial charge on any atom is -0.456 e. The predicted molar refractivity (Wildman–Crippen MR) is 46.0 cm³/mol. The van der Waals surface area contributed by atoms with Crippen LogP contribution in [0, 0.1) is 0 Å². The van der Waals surface area contributed by atoms with Crippen molar-refractivity contribution >= 4 is 17.7 Å². The second-order valence-electron chi connectivity index (χ2n) is 2.86. The normalized spacial score (nSPS) is 40.0. The van der Waals surface area contributed by atoms with E-state index in [0.29, 0.717) is 0 Å². The first-order valence-corrected chi connectivity index (χ1v) is 4.90. The summed E-state index contributed by atoms with van der Waals surface area (Å²) in [5.41, 5.74) is -0.970. The number of aliphatic hydroxyl groups is 3. The Morgan fingerprint density at radius 2 is 2.08 bits per heavy atom. The van der Waals surface area contributed by atoms with E-state index in [9.17, 15) is 20.1 Å². The summed E-state index contributed by atoms with van der Waals surface area (Å²) in [6.07, 6.45) is -3.20. The fourth-order valence-electron chi connectivity index (χ4n) is 1.10. The van der Waals surface area contributed by atoms with Gasteiger partial charge in [0.1, 0.15) is 11.5 Å². The minimum absolute atomic E-state index is 0.236. The van der Waals surface area contributed by atoms with Crippen LogP contribution in [0.15, 0.2) is 0 Å². The van der Waals surface area contributed by atoms with Crippen molar-refractivity contribution in [2.24, 2.45) is 0 Å². The molecule has 1 saturated heterocycles. The van der Waals surface area contributed by atoms with Gasteiger partial charge in [0.25, 0.3) is 0 Å². The molecule has 0 amide bonds. The molecule has 3 N–H and O–H groups in total. The highest BCUT2D eigenvalue weighted by molar-refractivity contribution is 7.99. The molecule has 76 valence electrons. The molecule has 1 heterocycles. The van der Waals surface area contributed by atoms with Crippen molar-refractivity contribution in [3.8, 4) is 0 Å². The number of esters is 1. The molecule has 4 atom stereocenters. The van der Waals surface area contributed by atoms with Crippen molar-refractivity contribution in [1.29, 1.82) is 0 Å². The van der Waals surface area contributed by atoms with Crippen LogP contribution in [-0.4, -0.2) is 50.8 Å². The maximum Gasteiger partial charge on any atom is 0.303 e. The molecule has 1 rings (SSSR count). The van der Waals surface area contributed by atoms with Gasteiger partial charge < -0.3 is 20.1 Å². The van der Waals surface area contributed by atoms with Gasteiger partial charge in [-0.25, -0.2) is 0 Å². The van der Waals surface area contributed by atoms with E-state index in [1.165, 1.54) is 6.92 Å². The van der Waals surface area contributed by atoms with Crippen molar-refractivity contribution in [1.82, 2.24) is 0 Å². The monoisotopic (exact) mass is 208 g/mol. The Hall–Kier alpha value is -0.300. The Balaban J connectivity index is 2.60. The summed E-state index contributed by atoms with van der Waals surface area (Å²) in [5.74, 6) is -0.349. The maximum absolute atomic E-state index is 10.6. The third-order valence-electron chi connectivity index (χ3n) is 1.75. The number of carbonyl (C=O) groups is 1. The van der Waals surface area contributed by atoms with E-state index >= 15 is 0 Å². The van der Waals surface area contributed by atoms with Gasteiger partial charge in [0.15, 0.2) is 6.10 Å². The Labute approximate surface area is 79.7 Å². The first-order valence-electron chi connectivity index (χ1n) is 3.85. The van der Waals surface area contributed by atoms with Crippen LogP contribution in [0.25, 0.3) is 0 Å². The number of ether oxygens (including phenoxy) is 1. The molecule has 0 spiro atoms.